The van der Waals surface area contributed by atoms with Crippen molar-refractivity contribution in [3.05, 3.63) is 47.2 Å². The molecule has 0 aliphatic rings. The first kappa shape index (κ1) is 12.9. The minimum atomic E-state index is -3.59. The SMILES string of the molecule is Nc1ccc2cc(S(=O)(=O)Nc3ccsc3)ccc2n1. The van der Waals surface area contributed by atoms with E-state index in [4.69, 9.17) is 5.73 Å². The second kappa shape index (κ2) is 4.77. The van der Waals surface area contributed by atoms with E-state index in [0.717, 1.165) is 5.39 Å². The fraction of sp³-hybridized carbons (Fsp3) is 0. The fourth-order valence-electron chi connectivity index (χ4n) is 1.82. The van der Waals surface area contributed by atoms with Crippen LogP contribution in [0.1, 0.15) is 0 Å². The van der Waals surface area contributed by atoms with E-state index in [0.29, 0.717) is 17.0 Å². The molecule has 3 aromatic rings. The molecular formula is C13H11N3O2S2. The van der Waals surface area contributed by atoms with E-state index in [9.17, 15) is 8.42 Å². The lowest BCUT2D eigenvalue weighted by molar-refractivity contribution is 0.601. The third kappa shape index (κ3) is 2.45. The number of hydrogen-bond acceptors (Lipinski definition) is 5. The molecule has 0 fully saturated rings. The number of fused-ring (bicyclic) bond motifs is 1. The van der Waals surface area contributed by atoms with Crippen molar-refractivity contribution in [2.45, 2.75) is 4.90 Å². The van der Waals surface area contributed by atoms with E-state index in [1.807, 2.05) is 5.38 Å². The van der Waals surface area contributed by atoms with Crippen molar-refractivity contribution >= 4 is 43.8 Å². The third-order valence-corrected chi connectivity index (χ3v) is 4.83. The van der Waals surface area contributed by atoms with E-state index in [-0.39, 0.29) is 4.90 Å². The molecule has 0 radical (unpaired) electrons. The number of rotatable bonds is 3. The van der Waals surface area contributed by atoms with Gasteiger partial charge in [0.1, 0.15) is 5.82 Å². The molecule has 0 aliphatic heterocycles. The first-order chi connectivity index (χ1) is 9.54. The van der Waals surface area contributed by atoms with Gasteiger partial charge in [0.15, 0.2) is 0 Å². The molecule has 1 aromatic carbocycles. The minimum absolute atomic E-state index is 0.197. The summed E-state index contributed by atoms with van der Waals surface area (Å²) in [7, 11) is -3.59. The Labute approximate surface area is 120 Å². The predicted molar refractivity (Wildman–Crippen MR) is 81.3 cm³/mol. The van der Waals surface area contributed by atoms with E-state index in [1.165, 1.54) is 17.4 Å². The molecule has 20 heavy (non-hydrogen) atoms. The Hall–Kier alpha value is -2.12. The van der Waals surface area contributed by atoms with E-state index < -0.39 is 10.0 Å². The molecule has 0 spiro atoms. The number of thiophene rings is 1. The molecule has 2 heterocycles. The first-order valence-corrected chi connectivity index (χ1v) is 8.18. The lowest BCUT2D eigenvalue weighted by Crippen LogP contribution is -2.12. The number of benzene rings is 1. The van der Waals surface area contributed by atoms with Gasteiger partial charge in [0.2, 0.25) is 0 Å². The zero-order chi connectivity index (χ0) is 14.2. The molecule has 0 unspecified atom stereocenters. The van der Waals surface area contributed by atoms with Crippen LogP contribution in [-0.4, -0.2) is 13.4 Å². The van der Waals surface area contributed by atoms with Crippen LogP contribution in [0, 0.1) is 0 Å². The Balaban J connectivity index is 2.03. The van der Waals surface area contributed by atoms with Crippen LogP contribution in [0.4, 0.5) is 11.5 Å². The molecule has 0 saturated carbocycles. The summed E-state index contributed by atoms with van der Waals surface area (Å²) in [4.78, 5) is 4.34. The molecule has 7 heteroatoms. The number of nitrogens with one attached hydrogen (secondary N) is 1. The fourth-order valence-corrected chi connectivity index (χ4v) is 3.57. The molecule has 2 aromatic heterocycles. The van der Waals surface area contributed by atoms with Crippen LogP contribution in [0.2, 0.25) is 0 Å². The molecule has 0 amide bonds. The predicted octanol–water partition coefficient (Wildman–Crippen LogP) is 2.68. The summed E-state index contributed by atoms with van der Waals surface area (Å²) in [5, 5.41) is 4.28. The monoisotopic (exact) mass is 305 g/mol. The van der Waals surface area contributed by atoms with Crippen LogP contribution >= 0.6 is 11.3 Å². The molecule has 3 rings (SSSR count). The summed E-state index contributed by atoms with van der Waals surface area (Å²) in [5.74, 6) is 0.407. The maximum absolute atomic E-state index is 12.3. The van der Waals surface area contributed by atoms with Gasteiger partial charge in [0.25, 0.3) is 10.0 Å². The highest BCUT2D eigenvalue weighted by Crippen LogP contribution is 2.22. The average Bonchev–Trinajstić information content (AvgIpc) is 2.90. The summed E-state index contributed by atoms with van der Waals surface area (Å²) in [6.45, 7) is 0. The molecule has 102 valence electrons. The summed E-state index contributed by atoms with van der Waals surface area (Å²) >= 11 is 1.43. The van der Waals surface area contributed by atoms with Gasteiger partial charge in [-0.1, -0.05) is 0 Å². The number of sulfonamides is 1. The molecule has 0 atom stereocenters. The molecular weight excluding hydrogens is 294 g/mol. The van der Waals surface area contributed by atoms with Gasteiger partial charge >= 0.3 is 0 Å². The molecule has 0 bridgehead atoms. The Morgan fingerprint density at radius 2 is 2.00 bits per heavy atom. The van der Waals surface area contributed by atoms with Crippen LogP contribution in [-0.2, 0) is 10.0 Å². The normalized spacial score (nSPS) is 11.6. The van der Waals surface area contributed by atoms with E-state index in [1.54, 1.807) is 35.7 Å². The van der Waals surface area contributed by atoms with Gasteiger partial charge in [-0.3, -0.25) is 4.72 Å². The highest BCUT2D eigenvalue weighted by atomic mass is 32.2. The van der Waals surface area contributed by atoms with Gasteiger partial charge in [-0.15, -0.1) is 0 Å². The number of nitrogens with zero attached hydrogens (tertiary/aromatic N) is 1. The minimum Gasteiger partial charge on any atom is -0.384 e. The number of pyridine rings is 1. The highest BCUT2D eigenvalue weighted by Gasteiger charge is 2.15. The number of anilines is 2. The van der Waals surface area contributed by atoms with E-state index >= 15 is 0 Å². The topological polar surface area (TPSA) is 85.1 Å². The van der Waals surface area contributed by atoms with Crippen LogP contribution < -0.4 is 10.5 Å². The number of aromatic nitrogens is 1. The van der Waals surface area contributed by atoms with Crippen molar-refractivity contribution in [1.82, 2.24) is 4.98 Å². The van der Waals surface area contributed by atoms with Gasteiger partial charge in [0.05, 0.1) is 16.1 Å². The largest absolute Gasteiger partial charge is 0.384 e. The molecule has 3 N–H and O–H groups in total. The van der Waals surface area contributed by atoms with Gasteiger partial charge < -0.3 is 5.73 Å². The Morgan fingerprint density at radius 3 is 2.75 bits per heavy atom. The second-order valence-corrected chi connectivity index (χ2v) is 6.67. The highest BCUT2D eigenvalue weighted by molar-refractivity contribution is 7.92. The van der Waals surface area contributed by atoms with Gasteiger partial charge in [-0.05, 0) is 41.8 Å². The van der Waals surface area contributed by atoms with Crippen molar-refractivity contribution < 1.29 is 8.42 Å². The number of hydrogen-bond donors (Lipinski definition) is 2. The van der Waals surface area contributed by atoms with Gasteiger partial charge in [0, 0.05) is 10.8 Å². The third-order valence-electron chi connectivity index (χ3n) is 2.77. The molecule has 0 saturated heterocycles. The first-order valence-electron chi connectivity index (χ1n) is 5.76. The average molecular weight is 305 g/mol. The smallest absolute Gasteiger partial charge is 0.261 e. The quantitative estimate of drug-likeness (QED) is 0.779. The standard InChI is InChI=1S/C13H11N3O2S2/c14-13-4-1-9-7-11(2-3-12(9)15-13)20(17,18)16-10-5-6-19-8-10/h1-8,16H,(H2,14,15). The Morgan fingerprint density at radius 1 is 1.15 bits per heavy atom. The van der Waals surface area contributed by atoms with E-state index in [2.05, 4.69) is 9.71 Å². The second-order valence-electron chi connectivity index (χ2n) is 4.21. The Kier molecular flexibility index (Phi) is 3.07. The van der Waals surface area contributed by atoms with Crippen molar-refractivity contribution in [1.29, 1.82) is 0 Å². The van der Waals surface area contributed by atoms with Gasteiger partial charge in [-0.25, -0.2) is 13.4 Å². The van der Waals surface area contributed by atoms with Crippen molar-refractivity contribution in [2.24, 2.45) is 0 Å². The maximum atomic E-state index is 12.3. The summed E-state index contributed by atoms with van der Waals surface area (Å²) in [6.07, 6.45) is 0. The summed E-state index contributed by atoms with van der Waals surface area (Å²) in [5.41, 5.74) is 6.82. The molecule has 0 aliphatic carbocycles. The van der Waals surface area contributed by atoms with Crippen LogP contribution in [0.25, 0.3) is 10.9 Å². The lowest BCUT2D eigenvalue weighted by atomic mass is 10.2. The number of nitrogens with two attached hydrogens (primary N) is 1. The van der Waals surface area contributed by atoms with Crippen molar-refractivity contribution in [3.63, 3.8) is 0 Å². The van der Waals surface area contributed by atoms with Crippen LogP contribution in [0.5, 0.6) is 0 Å². The van der Waals surface area contributed by atoms with Crippen LogP contribution in [0.3, 0.4) is 0 Å². The molecule has 5 nitrogen and oxygen atoms in total. The summed E-state index contributed by atoms with van der Waals surface area (Å²) < 4.78 is 27.0. The lowest BCUT2D eigenvalue weighted by Gasteiger charge is -2.07. The zero-order valence-electron chi connectivity index (χ0n) is 10.3. The Bertz CT molecular complexity index is 858. The summed E-state index contributed by atoms with van der Waals surface area (Å²) in [6, 6.07) is 9.85. The maximum Gasteiger partial charge on any atom is 0.261 e. The van der Waals surface area contributed by atoms with Crippen LogP contribution in [0.15, 0.2) is 52.1 Å². The van der Waals surface area contributed by atoms with Crippen molar-refractivity contribution in [3.8, 4) is 0 Å². The van der Waals surface area contributed by atoms with Crippen molar-refractivity contribution in [2.75, 3.05) is 10.5 Å². The van der Waals surface area contributed by atoms with Gasteiger partial charge in [-0.2, -0.15) is 11.3 Å². The number of nitrogen functional groups attached to an aromatic ring is 1. The zero-order valence-corrected chi connectivity index (χ0v) is 11.9.